The van der Waals surface area contributed by atoms with Gasteiger partial charge in [-0.3, -0.25) is 9.80 Å². The summed E-state index contributed by atoms with van der Waals surface area (Å²) in [4.78, 5) is 19.3. The molecule has 0 aliphatic carbocycles. The monoisotopic (exact) mass is 498 g/mol. The van der Waals surface area contributed by atoms with E-state index in [9.17, 15) is 18.7 Å². The second-order valence-corrected chi connectivity index (χ2v) is 9.67. The minimum Gasteiger partial charge on any atom is -0.496 e. The average molecular weight is 499 g/mol. The van der Waals surface area contributed by atoms with Crippen LogP contribution in [0, 0.1) is 6.92 Å². The Morgan fingerprint density at radius 3 is 2.86 bits per heavy atom. The number of hydrogen-bond acceptors (Lipinski definition) is 5. The van der Waals surface area contributed by atoms with Crippen molar-refractivity contribution in [1.29, 1.82) is 0 Å². The molecule has 3 N–H and O–H groups in total. The molecule has 5 rings (SSSR count). The highest BCUT2D eigenvalue weighted by atomic mass is 19.3. The number of piperazine rings is 1. The van der Waals surface area contributed by atoms with Crippen molar-refractivity contribution in [3.05, 3.63) is 58.3 Å². The number of rotatable bonds is 7. The molecule has 3 aromatic rings. The van der Waals surface area contributed by atoms with Gasteiger partial charge in [-0.05, 0) is 54.7 Å². The van der Waals surface area contributed by atoms with Crippen LogP contribution in [0.1, 0.15) is 45.1 Å². The molecule has 1 fully saturated rings. The van der Waals surface area contributed by atoms with E-state index in [2.05, 4.69) is 21.3 Å². The number of nitrogens with one attached hydrogen (secondary N) is 2. The number of ether oxygens (including phenoxy) is 1. The number of halogens is 2. The predicted octanol–water partition coefficient (Wildman–Crippen LogP) is 4.67. The summed E-state index contributed by atoms with van der Waals surface area (Å²) in [5.41, 5.74) is 6.13. The minimum atomic E-state index is -2.40. The zero-order valence-electron chi connectivity index (χ0n) is 20.6. The Morgan fingerprint density at radius 2 is 2.11 bits per heavy atom. The van der Waals surface area contributed by atoms with Gasteiger partial charge in [0.2, 0.25) is 0 Å². The lowest BCUT2D eigenvalue weighted by atomic mass is 9.88. The molecule has 0 saturated carbocycles. The van der Waals surface area contributed by atoms with Crippen LogP contribution in [-0.2, 0) is 13.0 Å². The molecule has 2 aliphatic heterocycles. The minimum absolute atomic E-state index is 0.158. The Kier molecular flexibility index (Phi) is 6.85. The van der Waals surface area contributed by atoms with Crippen molar-refractivity contribution in [3.8, 4) is 5.75 Å². The van der Waals surface area contributed by atoms with Gasteiger partial charge in [-0.15, -0.1) is 0 Å². The van der Waals surface area contributed by atoms with Crippen LogP contribution in [0.15, 0.2) is 30.5 Å². The summed E-state index contributed by atoms with van der Waals surface area (Å²) < 4.78 is 32.4. The van der Waals surface area contributed by atoms with E-state index in [1.807, 2.05) is 30.2 Å². The van der Waals surface area contributed by atoms with Gasteiger partial charge in [0.1, 0.15) is 5.75 Å². The molecule has 2 aliphatic rings. The van der Waals surface area contributed by atoms with Gasteiger partial charge in [0, 0.05) is 61.4 Å². The molecule has 36 heavy (non-hydrogen) atoms. The third-order valence-corrected chi connectivity index (χ3v) is 7.51. The molecule has 2 aromatic carbocycles. The first-order valence-corrected chi connectivity index (χ1v) is 12.4. The van der Waals surface area contributed by atoms with E-state index < -0.39 is 12.4 Å². The summed E-state index contributed by atoms with van der Waals surface area (Å²) in [6, 6.07) is 7.46. The summed E-state index contributed by atoms with van der Waals surface area (Å²) in [5, 5.41) is 14.1. The molecular formula is C27H32F2N4O3. The maximum absolute atomic E-state index is 13.3. The number of aromatic nitrogens is 1. The summed E-state index contributed by atoms with van der Waals surface area (Å²) >= 11 is 0. The molecule has 1 atom stereocenters. The Morgan fingerprint density at radius 1 is 1.28 bits per heavy atom. The third kappa shape index (κ3) is 4.53. The number of fused-ring (bicyclic) bond motifs is 2. The molecule has 9 heteroatoms. The number of carboxylic acids is 1. The number of anilines is 1. The Labute approximate surface area is 209 Å². The van der Waals surface area contributed by atoms with E-state index in [-0.39, 0.29) is 18.2 Å². The maximum atomic E-state index is 13.3. The fourth-order valence-electron chi connectivity index (χ4n) is 5.81. The SMILES string of the molecule is COc1cc(C)c2[nH]ccc2c1CN1CCN(CC(F)F)C[C@@H]1c1ccc(C(=O)O)c2c1CCCN2. The summed E-state index contributed by atoms with van der Waals surface area (Å²) in [6.07, 6.45) is 1.17. The Balaban J connectivity index is 1.57. The highest BCUT2D eigenvalue weighted by molar-refractivity contribution is 5.95. The van der Waals surface area contributed by atoms with Crippen LogP contribution in [0.2, 0.25) is 0 Å². The fraction of sp³-hybridized carbons (Fsp3) is 0.444. The van der Waals surface area contributed by atoms with Crippen molar-refractivity contribution < 1.29 is 23.4 Å². The van der Waals surface area contributed by atoms with Gasteiger partial charge >= 0.3 is 5.97 Å². The van der Waals surface area contributed by atoms with Crippen molar-refractivity contribution in [2.75, 3.05) is 45.2 Å². The number of carbonyl (C=O) groups is 1. The molecule has 0 radical (unpaired) electrons. The summed E-state index contributed by atoms with van der Waals surface area (Å²) in [7, 11) is 1.67. The number of benzene rings is 2. The molecule has 0 bridgehead atoms. The lowest BCUT2D eigenvalue weighted by molar-refractivity contribution is 0.0243. The molecule has 7 nitrogen and oxygen atoms in total. The highest BCUT2D eigenvalue weighted by Gasteiger charge is 2.34. The number of hydrogen-bond donors (Lipinski definition) is 3. The van der Waals surface area contributed by atoms with Crippen LogP contribution < -0.4 is 10.1 Å². The average Bonchev–Trinajstić information content (AvgIpc) is 3.36. The van der Waals surface area contributed by atoms with Crippen molar-refractivity contribution in [1.82, 2.24) is 14.8 Å². The number of aromatic carboxylic acids is 1. The number of methoxy groups -OCH3 is 1. The van der Waals surface area contributed by atoms with E-state index in [0.717, 1.165) is 51.7 Å². The Hall–Kier alpha value is -3.17. The van der Waals surface area contributed by atoms with Crippen LogP contribution in [0.25, 0.3) is 10.9 Å². The van der Waals surface area contributed by atoms with Gasteiger partial charge in [0.25, 0.3) is 6.43 Å². The van der Waals surface area contributed by atoms with E-state index >= 15 is 0 Å². The second kappa shape index (κ2) is 10.1. The van der Waals surface area contributed by atoms with Gasteiger partial charge in [0.15, 0.2) is 0 Å². The molecule has 0 spiro atoms. The molecular weight excluding hydrogens is 466 g/mol. The van der Waals surface area contributed by atoms with E-state index in [1.54, 1.807) is 13.2 Å². The van der Waals surface area contributed by atoms with E-state index in [1.165, 1.54) is 0 Å². The van der Waals surface area contributed by atoms with Gasteiger partial charge in [-0.2, -0.15) is 0 Å². The zero-order chi connectivity index (χ0) is 25.4. The quantitative estimate of drug-likeness (QED) is 0.440. The molecule has 192 valence electrons. The lowest BCUT2D eigenvalue weighted by Crippen LogP contribution is -2.49. The van der Waals surface area contributed by atoms with Crippen molar-refractivity contribution >= 4 is 22.6 Å². The van der Waals surface area contributed by atoms with Crippen molar-refractivity contribution in [2.45, 2.75) is 38.8 Å². The van der Waals surface area contributed by atoms with Gasteiger partial charge < -0.3 is 20.1 Å². The first-order chi connectivity index (χ1) is 17.4. The fourth-order valence-corrected chi connectivity index (χ4v) is 5.81. The molecule has 1 aromatic heterocycles. The first-order valence-electron chi connectivity index (χ1n) is 12.4. The standard InChI is InChI=1S/C27H32F2N4O3/c1-16-12-23(36-2)21(19-7-9-31-25(16)19)13-33-11-10-32(15-24(28)29)14-22(33)17-5-6-20(27(34)35)26-18(17)4-3-8-30-26/h5-7,9,12,22,24,30-31H,3-4,8,10-11,13-15H2,1-2H3,(H,34,35)/t22-/m1/s1. The second-order valence-electron chi connectivity index (χ2n) is 9.67. The summed E-state index contributed by atoms with van der Waals surface area (Å²) in [6.45, 7) is 4.69. The van der Waals surface area contributed by atoms with Crippen LogP contribution in [0.3, 0.4) is 0 Å². The third-order valence-electron chi connectivity index (χ3n) is 7.51. The maximum Gasteiger partial charge on any atom is 0.337 e. The Bertz CT molecular complexity index is 1280. The van der Waals surface area contributed by atoms with Crippen LogP contribution >= 0.6 is 0 Å². The number of H-pyrrole nitrogens is 1. The topological polar surface area (TPSA) is 80.8 Å². The van der Waals surface area contributed by atoms with E-state index in [0.29, 0.717) is 38.4 Å². The molecule has 0 amide bonds. The van der Waals surface area contributed by atoms with Crippen LogP contribution in [-0.4, -0.2) is 72.1 Å². The van der Waals surface area contributed by atoms with Crippen LogP contribution in [0.4, 0.5) is 14.5 Å². The predicted molar refractivity (Wildman–Crippen MR) is 135 cm³/mol. The van der Waals surface area contributed by atoms with Gasteiger partial charge in [-0.25, -0.2) is 13.6 Å². The lowest BCUT2D eigenvalue weighted by Gasteiger charge is -2.43. The summed E-state index contributed by atoms with van der Waals surface area (Å²) in [5.74, 6) is -0.162. The number of aryl methyl sites for hydroxylation is 1. The van der Waals surface area contributed by atoms with Crippen molar-refractivity contribution in [3.63, 3.8) is 0 Å². The molecule has 3 heterocycles. The largest absolute Gasteiger partial charge is 0.496 e. The number of carboxylic acid groups (broad SMARTS) is 1. The molecule has 1 saturated heterocycles. The van der Waals surface area contributed by atoms with Gasteiger partial charge in [-0.1, -0.05) is 6.07 Å². The number of aromatic amines is 1. The van der Waals surface area contributed by atoms with E-state index in [4.69, 9.17) is 4.74 Å². The zero-order valence-corrected chi connectivity index (χ0v) is 20.6. The normalized spacial score (nSPS) is 18.9. The van der Waals surface area contributed by atoms with Crippen molar-refractivity contribution in [2.24, 2.45) is 0 Å². The van der Waals surface area contributed by atoms with Crippen LogP contribution in [0.5, 0.6) is 5.75 Å². The number of alkyl halides is 2. The smallest absolute Gasteiger partial charge is 0.337 e. The van der Waals surface area contributed by atoms with Gasteiger partial charge in [0.05, 0.1) is 24.9 Å². The number of nitrogens with zero attached hydrogens (tertiary/aromatic N) is 2. The molecule has 0 unspecified atom stereocenters. The highest BCUT2D eigenvalue weighted by Crippen LogP contribution is 2.39. The first kappa shape index (κ1) is 24.5.